The molecule has 5 unspecified atom stereocenters. The Kier molecular flexibility index (Phi) is 30.3. The molecule has 0 aromatic carbocycles. The Hall–Kier alpha value is -3.36. The zero-order valence-electron chi connectivity index (χ0n) is 36.4. The lowest BCUT2D eigenvalue weighted by Crippen LogP contribution is -2.61. The summed E-state index contributed by atoms with van der Waals surface area (Å²) in [6.45, 7) is 5.54. The molecular formula is C46H75NO15. The summed E-state index contributed by atoms with van der Waals surface area (Å²) in [6, 6.07) is -1.03. The Bertz CT molecular complexity index is 1430. The maximum Gasteiger partial charge on any atom is 0.308 e. The lowest BCUT2D eigenvalue weighted by molar-refractivity contribution is -0.276. The van der Waals surface area contributed by atoms with Crippen LogP contribution in [0.2, 0.25) is 0 Å². The molecule has 0 saturated carbocycles. The van der Waals surface area contributed by atoms with Crippen molar-refractivity contribution in [3.63, 3.8) is 0 Å². The number of cyclic esters (lactones) is 1. The summed E-state index contributed by atoms with van der Waals surface area (Å²) in [6.07, 6.45) is 11.4. The second-order valence-corrected chi connectivity index (χ2v) is 15.5. The summed E-state index contributed by atoms with van der Waals surface area (Å²) in [5, 5.41) is 104. The molecule has 1 saturated heterocycles. The number of rotatable bonds is 3. The zero-order valence-corrected chi connectivity index (χ0v) is 36.4. The number of esters is 1. The molecule has 354 valence electrons. The number of carbonyl (C=O) groups excluding carboxylic acids is 1. The standard InChI is InChI=1S/C44H69NO15.C2H6/c1-29-41(54)40(45)42(55)44(59-29)60-36-16-14-12-10-8-6-4-2-3-5-7-9-11-13-15-31(46)23-24-58-39(53)28-35(50)26-33(48)20-22-37(51)38(52)27-34(49)25-32(47)19-17-30(18-21-36)43(56)57;1-2/h2-14,16,29-38,40-42,44,46-52,54-55H,15,17-28,45H2,1H3,(H,56,57);1-2H3/b4-2+,5-3+,8-6+,9-7+,12-10+,13-11+,16-14+;/t29?,30-,31-,32+,33-,34-,35-,36+,37-,38-,40?,41?,42?,44?;/m1./s1. The quantitative estimate of drug-likeness (QED) is 0.182. The average Bonchev–Trinajstić information content (AvgIpc) is 3.22. The highest BCUT2D eigenvalue weighted by molar-refractivity contribution is 5.70. The number of hydrogen-bond donors (Lipinski definition) is 11. The van der Waals surface area contributed by atoms with Gasteiger partial charge in [0.05, 0.1) is 86.0 Å². The van der Waals surface area contributed by atoms with Gasteiger partial charge >= 0.3 is 11.9 Å². The topological polar surface area (TPSA) is 290 Å². The highest BCUT2D eigenvalue weighted by Crippen LogP contribution is 2.26. The monoisotopic (exact) mass is 882 g/mol. The minimum absolute atomic E-state index is 0.0140. The molecular weight excluding hydrogens is 806 g/mol. The molecule has 16 heteroatoms. The third-order valence-corrected chi connectivity index (χ3v) is 10.3. The molecule has 0 spiro atoms. The van der Waals surface area contributed by atoms with Crippen LogP contribution in [-0.2, 0) is 23.8 Å². The van der Waals surface area contributed by atoms with Gasteiger partial charge in [0.1, 0.15) is 6.10 Å². The average molecular weight is 882 g/mol. The number of aliphatic hydroxyl groups is 9. The molecule has 12 N–H and O–H groups in total. The second kappa shape index (κ2) is 33.2. The van der Waals surface area contributed by atoms with Gasteiger partial charge in [0.25, 0.3) is 0 Å². The van der Waals surface area contributed by atoms with Gasteiger partial charge < -0.3 is 71.0 Å². The van der Waals surface area contributed by atoms with Gasteiger partial charge in [0, 0.05) is 12.8 Å². The molecule has 2 heterocycles. The van der Waals surface area contributed by atoms with E-state index in [1.165, 1.54) is 0 Å². The molecule has 2 aliphatic rings. The van der Waals surface area contributed by atoms with E-state index >= 15 is 0 Å². The van der Waals surface area contributed by atoms with E-state index in [0.29, 0.717) is 6.42 Å². The number of carboxylic acid groups (broad SMARTS) is 1. The maximum atomic E-state index is 12.2. The van der Waals surface area contributed by atoms with Crippen LogP contribution in [-0.4, -0.2) is 149 Å². The molecule has 0 aromatic heterocycles. The number of aliphatic hydroxyl groups excluding tert-OH is 9. The molecule has 1 fully saturated rings. The summed E-state index contributed by atoms with van der Waals surface area (Å²) in [7, 11) is 0. The summed E-state index contributed by atoms with van der Waals surface area (Å²) in [4.78, 5) is 24.4. The van der Waals surface area contributed by atoms with Gasteiger partial charge in [0.2, 0.25) is 0 Å². The van der Waals surface area contributed by atoms with Crippen molar-refractivity contribution in [2.45, 2.75) is 177 Å². The van der Waals surface area contributed by atoms with E-state index in [-0.39, 0.29) is 77.2 Å². The van der Waals surface area contributed by atoms with Gasteiger partial charge in [-0.05, 0) is 64.7 Å². The van der Waals surface area contributed by atoms with Gasteiger partial charge in [-0.15, -0.1) is 0 Å². The molecule has 0 aromatic rings. The van der Waals surface area contributed by atoms with Gasteiger partial charge in [-0.3, -0.25) is 9.59 Å². The van der Waals surface area contributed by atoms with E-state index in [0.717, 1.165) is 0 Å². The molecule has 16 nitrogen and oxygen atoms in total. The van der Waals surface area contributed by atoms with Gasteiger partial charge in [0.15, 0.2) is 6.29 Å². The third-order valence-electron chi connectivity index (χ3n) is 10.3. The second-order valence-electron chi connectivity index (χ2n) is 15.5. The number of carbonyl (C=O) groups is 2. The van der Waals surface area contributed by atoms with Gasteiger partial charge in [-0.2, -0.15) is 0 Å². The predicted octanol–water partition coefficient (Wildman–Crippen LogP) is 2.55. The van der Waals surface area contributed by atoms with Crippen LogP contribution in [0.1, 0.15) is 97.8 Å². The highest BCUT2D eigenvalue weighted by Gasteiger charge is 2.42. The number of aliphatic carboxylic acids is 1. The summed E-state index contributed by atoms with van der Waals surface area (Å²) < 4.78 is 16.8. The first-order valence-corrected chi connectivity index (χ1v) is 21.8. The third kappa shape index (κ3) is 25.1. The minimum atomic E-state index is -1.41. The van der Waals surface area contributed by atoms with E-state index in [4.69, 9.17) is 19.9 Å². The number of hydrogen-bond acceptors (Lipinski definition) is 15. The SMILES string of the molecule is CC.CC1OC(O[C@H]2/C=C/C=C/C=C/C=C/C=C/C=C/C=C/C[C@@H](O)CCOC(=O)C[C@H](O)C[C@H](O)CC[C@@H](O)[C@H](O)C[C@H](O)C[C@@H](O)CC[C@@H](C(=O)O)CC2)C(O)C(N)C1O. The summed E-state index contributed by atoms with van der Waals surface area (Å²) in [5.41, 5.74) is 5.99. The van der Waals surface area contributed by atoms with Crippen molar-refractivity contribution in [3.8, 4) is 0 Å². The fourth-order valence-corrected chi connectivity index (χ4v) is 6.57. The molecule has 0 bridgehead atoms. The molecule has 2 aliphatic heterocycles. The van der Waals surface area contributed by atoms with Crippen LogP contribution in [0.4, 0.5) is 0 Å². The van der Waals surface area contributed by atoms with E-state index < -0.39 is 97.3 Å². The minimum Gasteiger partial charge on any atom is -0.481 e. The molecule has 2 rings (SSSR count). The van der Waals surface area contributed by atoms with Gasteiger partial charge in [-0.25, -0.2) is 0 Å². The maximum absolute atomic E-state index is 12.2. The lowest BCUT2D eigenvalue weighted by atomic mass is 9.92. The van der Waals surface area contributed by atoms with Crippen LogP contribution in [0.15, 0.2) is 85.1 Å². The summed E-state index contributed by atoms with van der Waals surface area (Å²) >= 11 is 0. The van der Waals surface area contributed by atoms with Crippen LogP contribution < -0.4 is 5.73 Å². The Balaban J connectivity index is 0.00000946. The Morgan fingerprint density at radius 2 is 1.16 bits per heavy atom. The van der Waals surface area contributed by atoms with Crippen molar-refractivity contribution in [2.75, 3.05) is 6.61 Å². The van der Waals surface area contributed by atoms with Crippen LogP contribution in [0.3, 0.4) is 0 Å². The van der Waals surface area contributed by atoms with Gasteiger partial charge in [-0.1, -0.05) is 98.9 Å². The normalized spacial score (nSPS) is 39.1. The predicted molar refractivity (Wildman–Crippen MR) is 234 cm³/mol. The van der Waals surface area contributed by atoms with Crippen LogP contribution in [0.5, 0.6) is 0 Å². The van der Waals surface area contributed by atoms with Crippen molar-refractivity contribution in [3.05, 3.63) is 85.1 Å². The number of allylic oxidation sites excluding steroid dienone is 12. The molecule has 14 atom stereocenters. The van der Waals surface area contributed by atoms with Crippen molar-refractivity contribution in [2.24, 2.45) is 11.7 Å². The molecule has 0 amide bonds. The van der Waals surface area contributed by atoms with Crippen molar-refractivity contribution in [1.82, 2.24) is 0 Å². The number of nitrogens with two attached hydrogens (primary N) is 1. The Labute approximate surface area is 366 Å². The number of ether oxygens (including phenoxy) is 3. The number of carboxylic acids is 1. The molecule has 62 heavy (non-hydrogen) atoms. The molecule has 0 aliphatic carbocycles. The largest absolute Gasteiger partial charge is 0.481 e. The van der Waals surface area contributed by atoms with Crippen LogP contribution >= 0.6 is 0 Å². The molecule has 0 radical (unpaired) electrons. The van der Waals surface area contributed by atoms with Crippen molar-refractivity contribution < 1.29 is 74.9 Å². The Morgan fingerprint density at radius 3 is 1.76 bits per heavy atom. The lowest BCUT2D eigenvalue weighted by Gasteiger charge is -2.40. The zero-order chi connectivity index (χ0) is 46.5. The van der Waals surface area contributed by atoms with E-state index in [2.05, 4.69) is 0 Å². The first-order chi connectivity index (χ1) is 29.6. The van der Waals surface area contributed by atoms with Crippen LogP contribution in [0.25, 0.3) is 0 Å². The van der Waals surface area contributed by atoms with E-state index in [9.17, 15) is 60.7 Å². The van der Waals surface area contributed by atoms with E-state index in [1.807, 2.05) is 50.3 Å². The fraction of sp³-hybridized carbons (Fsp3) is 0.652. The first-order valence-electron chi connectivity index (χ1n) is 21.8. The highest BCUT2D eigenvalue weighted by atomic mass is 16.7. The first kappa shape index (κ1) is 56.7. The summed E-state index contributed by atoms with van der Waals surface area (Å²) in [5.74, 6) is -2.71. The fourth-order valence-electron chi connectivity index (χ4n) is 6.57. The van der Waals surface area contributed by atoms with Crippen molar-refractivity contribution >= 4 is 11.9 Å². The Morgan fingerprint density at radius 1 is 0.629 bits per heavy atom. The van der Waals surface area contributed by atoms with Crippen molar-refractivity contribution in [1.29, 1.82) is 0 Å². The van der Waals surface area contributed by atoms with Crippen LogP contribution in [0, 0.1) is 5.92 Å². The smallest absolute Gasteiger partial charge is 0.308 e. The van der Waals surface area contributed by atoms with E-state index in [1.54, 1.807) is 55.5 Å².